The van der Waals surface area contributed by atoms with E-state index >= 15 is 0 Å². The summed E-state index contributed by atoms with van der Waals surface area (Å²) in [6.07, 6.45) is -1.83. The molecule has 6 nitrogen and oxygen atoms in total. The lowest BCUT2D eigenvalue weighted by Gasteiger charge is -2.21. The molecule has 1 aromatic heterocycles. The van der Waals surface area contributed by atoms with E-state index in [9.17, 15) is 13.2 Å². The predicted molar refractivity (Wildman–Crippen MR) is 130 cm³/mol. The molecule has 0 saturated carbocycles. The maximum Gasteiger partial charge on any atom is 0.401 e. The highest BCUT2D eigenvalue weighted by Crippen LogP contribution is 2.20. The van der Waals surface area contributed by atoms with Crippen molar-refractivity contribution in [3.05, 3.63) is 59.5 Å². The van der Waals surface area contributed by atoms with Crippen LogP contribution in [0.5, 0.6) is 0 Å². The van der Waals surface area contributed by atoms with Gasteiger partial charge in [0.2, 0.25) is 0 Å². The van der Waals surface area contributed by atoms with Gasteiger partial charge in [-0.15, -0.1) is 24.0 Å². The summed E-state index contributed by atoms with van der Waals surface area (Å²) in [5, 5.41) is 6.54. The van der Waals surface area contributed by atoms with Crippen LogP contribution in [0.3, 0.4) is 0 Å². The van der Waals surface area contributed by atoms with Gasteiger partial charge in [-0.1, -0.05) is 24.3 Å². The first-order valence-corrected chi connectivity index (χ1v) is 10.4. The molecule has 2 N–H and O–H groups in total. The Balaban J connectivity index is 0.00000363. The maximum atomic E-state index is 12.6. The van der Waals surface area contributed by atoms with E-state index in [2.05, 4.69) is 32.7 Å². The normalized spacial score (nSPS) is 17.4. The van der Waals surface area contributed by atoms with Crippen LogP contribution in [0.4, 0.5) is 13.2 Å². The number of nitrogens with zero attached hydrogens (tertiary/aromatic N) is 3. The number of aliphatic imine (C=N–C) groups is 1. The Bertz CT molecular complexity index is 844. The van der Waals surface area contributed by atoms with E-state index in [1.54, 1.807) is 13.3 Å². The van der Waals surface area contributed by atoms with E-state index in [0.717, 1.165) is 17.9 Å². The maximum absolute atomic E-state index is 12.6. The van der Waals surface area contributed by atoms with E-state index < -0.39 is 12.7 Å². The number of guanidine groups is 1. The number of likely N-dealkylation sites (tertiary alicyclic amines) is 1. The van der Waals surface area contributed by atoms with Crippen LogP contribution >= 0.6 is 24.0 Å². The van der Waals surface area contributed by atoms with Crippen LogP contribution in [0.15, 0.2) is 52.1 Å². The van der Waals surface area contributed by atoms with E-state index in [0.29, 0.717) is 38.6 Å². The first-order valence-electron chi connectivity index (χ1n) is 10.4. The molecule has 1 aromatic carbocycles. The van der Waals surface area contributed by atoms with Crippen LogP contribution in [0, 0.1) is 0 Å². The van der Waals surface area contributed by atoms with Gasteiger partial charge < -0.3 is 15.1 Å². The quantitative estimate of drug-likeness (QED) is 0.290. The Labute approximate surface area is 204 Å². The summed E-state index contributed by atoms with van der Waals surface area (Å²) in [5.74, 6) is 1.51. The standard InChI is InChI=1S/C22H30F3N5O.HI/c1-26-21(28-19-9-10-30(14-19)16-22(23,24)25)27-12-17-6-3-4-7-18(17)13-29(2)15-20-8-5-11-31-20;/h3-8,11,19H,9-10,12-16H2,1-2H3,(H2,26,27,28);1H. The Kier molecular flexibility index (Phi) is 10.3. The molecule has 178 valence electrons. The lowest BCUT2D eigenvalue weighted by molar-refractivity contribution is -0.143. The molecular formula is C22H31F3IN5O. The smallest absolute Gasteiger partial charge is 0.401 e. The molecule has 0 spiro atoms. The highest BCUT2D eigenvalue weighted by atomic mass is 127. The fourth-order valence-corrected chi connectivity index (χ4v) is 3.81. The number of benzene rings is 1. The first kappa shape index (κ1) is 26.5. The monoisotopic (exact) mass is 565 g/mol. The zero-order valence-electron chi connectivity index (χ0n) is 18.4. The van der Waals surface area contributed by atoms with Gasteiger partial charge >= 0.3 is 6.18 Å². The minimum atomic E-state index is -4.16. The highest BCUT2D eigenvalue weighted by Gasteiger charge is 2.34. The van der Waals surface area contributed by atoms with Gasteiger partial charge in [0.1, 0.15) is 5.76 Å². The fourth-order valence-electron chi connectivity index (χ4n) is 3.81. The van der Waals surface area contributed by atoms with Gasteiger partial charge in [-0.25, -0.2) is 0 Å². The molecule has 1 aliphatic rings. The summed E-state index contributed by atoms with van der Waals surface area (Å²) in [6.45, 7) is 1.97. The van der Waals surface area contributed by atoms with Crippen LogP contribution in [0.25, 0.3) is 0 Å². The number of rotatable bonds is 8. The molecule has 2 aromatic rings. The van der Waals surface area contributed by atoms with Crippen molar-refractivity contribution in [2.24, 2.45) is 4.99 Å². The van der Waals surface area contributed by atoms with Gasteiger partial charge in [0.05, 0.1) is 19.4 Å². The van der Waals surface area contributed by atoms with Crippen LogP contribution < -0.4 is 10.6 Å². The number of halogens is 4. The lowest BCUT2D eigenvalue weighted by atomic mass is 10.1. The summed E-state index contributed by atoms with van der Waals surface area (Å²) in [7, 11) is 3.71. The molecule has 10 heteroatoms. The fraction of sp³-hybridized carbons (Fsp3) is 0.500. The molecule has 0 radical (unpaired) electrons. The molecule has 0 amide bonds. The van der Waals surface area contributed by atoms with E-state index in [4.69, 9.17) is 4.42 Å². The van der Waals surface area contributed by atoms with Gasteiger partial charge in [-0.05, 0) is 36.7 Å². The van der Waals surface area contributed by atoms with E-state index in [-0.39, 0.29) is 30.0 Å². The summed E-state index contributed by atoms with van der Waals surface area (Å²) in [6, 6.07) is 12.0. The number of alkyl halides is 3. The first-order chi connectivity index (χ1) is 14.8. The Morgan fingerprint density at radius 2 is 1.94 bits per heavy atom. The SMILES string of the molecule is CN=C(NCc1ccccc1CN(C)Cc1ccco1)NC1CCN(CC(F)(F)F)C1.I. The Hall–Kier alpha value is -1.79. The van der Waals surface area contributed by atoms with Crippen molar-refractivity contribution in [2.75, 3.05) is 33.7 Å². The molecule has 0 aliphatic carbocycles. The van der Waals surface area contributed by atoms with Crippen LogP contribution in [-0.2, 0) is 19.6 Å². The highest BCUT2D eigenvalue weighted by molar-refractivity contribution is 14.0. The second kappa shape index (κ2) is 12.4. The summed E-state index contributed by atoms with van der Waals surface area (Å²) in [5.41, 5.74) is 2.33. The molecule has 1 unspecified atom stereocenters. The third kappa shape index (κ3) is 8.62. The van der Waals surface area contributed by atoms with Gasteiger partial charge in [0.25, 0.3) is 0 Å². The van der Waals surface area contributed by atoms with Crippen molar-refractivity contribution in [1.82, 2.24) is 20.4 Å². The Morgan fingerprint density at radius 3 is 2.59 bits per heavy atom. The second-order valence-corrected chi connectivity index (χ2v) is 7.93. The molecule has 0 bridgehead atoms. The average Bonchev–Trinajstić information content (AvgIpc) is 3.36. The lowest BCUT2D eigenvalue weighted by Crippen LogP contribution is -2.45. The van der Waals surface area contributed by atoms with Crippen molar-refractivity contribution in [1.29, 1.82) is 0 Å². The van der Waals surface area contributed by atoms with Crippen molar-refractivity contribution in [2.45, 2.75) is 38.3 Å². The van der Waals surface area contributed by atoms with E-state index in [1.807, 2.05) is 31.3 Å². The number of furan rings is 1. The largest absolute Gasteiger partial charge is 0.468 e. The van der Waals surface area contributed by atoms with Gasteiger partial charge in [0.15, 0.2) is 5.96 Å². The van der Waals surface area contributed by atoms with Crippen molar-refractivity contribution >= 4 is 29.9 Å². The third-order valence-corrected chi connectivity index (χ3v) is 5.25. The molecule has 1 aliphatic heterocycles. The number of hydrogen-bond acceptors (Lipinski definition) is 4. The van der Waals surface area contributed by atoms with E-state index in [1.165, 1.54) is 10.5 Å². The number of hydrogen-bond donors (Lipinski definition) is 2. The minimum Gasteiger partial charge on any atom is -0.468 e. The zero-order valence-corrected chi connectivity index (χ0v) is 20.7. The molecule has 2 heterocycles. The summed E-state index contributed by atoms with van der Waals surface area (Å²) < 4.78 is 43.2. The van der Waals surface area contributed by atoms with Crippen molar-refractivity contribution in [3.63, 3.8) is 0 Å². The van der Waals surface area contributed by atoms with Crippen LogP contribution in [-0.4, -0.2) is 61.7 Å². The van der Waals surface area contributed by atoms with Gasteiger partial charge in [0, 0.05) is 39.3 Å². The molecule has 1 atom stereocenters. The second-order valence-electron chi connectivity index (χ2n) is 7.93. The molecule has 3 rings (SSSR count). The summed E-state index contributed by atoms with van der Waals surface area (Å²) >= 11 is 0. The Morgan fingerprint density at radius 1 is 1.19 bits per heavy atom. The molecule has 32 heavy (non-hydrogen) atoms. The number of nitrogens with one attached hydrogen (secondary N) is 2. The molecular weight excluding hydrogens is 534 g/mol. The van der Waals surface area contributed by atoms with Crippen LogP contribution in [0.2, 0.25) is 0 Å². The van der Waals surface area contributed by atoms with Gasteiger partial charge in [-0.3, -0.25) is 14.8 Å². The average molecular weight is 565 g/mol. The predicted octanol–water partition coefficient (Wildman–Crippen LogP) is 3.83. The van der Waals surface area contributed by atoms with Crippen molar-refractivity contribution in [3.8, 4) is 0 Å². The van der Waals surface area contributed by atoms with Gasteiger partial charge in [-0.2, -0.15) is 13.2 Å². The van der Waals surface area contributed by atoms with Crippen LogP contribution in [0.1, 0.15) is 23.3 Å². The third-order valence-electron chi connectivity index (χ3n) is 5.25. The molecule has 1 fully saturated rings. The molecule has 1 saturated heterocycles. The zero-order chi connectivity index (χ0) is 22.3. The summed E-state index contributed by atoms with van der Waals surface area (Å²) in [4.78, 5) is 7.84. The minimum absolute atomic E-state index is 0. The topological polar surface area (TPSA) is 56.0 Å². The van der Waals surface area contributed by atoms with Crippen molar-refractivity contribution < 1.29 is 17.6 Å².